The summed E-state index contributed by atoms with van der Waals surface area (Å²) in [5.41, 5.74) is -0.680. The number of ether oxygens (including phenoxy) is 2. The van der Waals surface area contributed by atoms with E-state index < -0.39 is 11.4 Å². The van der Waals surface area contributed by atoms with E-state index in [1.54, 1.807) is 0 Å². The van der Waals surface area contributed by atoms with Crippen molar-refractivity contribution >= 4 is 5.97 Å². The van der Waals surface area contributed by atoms with Crippen molar-refractivity contribution in [2.24, 2.45) is 11.3 Å². The predicted molar refractivity (Wildman–Crippen MR) is 67.5 cm³/mol. The highest BCUT2D eigenvalue weighted by molar-refractivity contribution is 5.76. The largest absolute Gasteiger partial charge is 0.481 e. The lowest BCUT2D eigenvalue weighted by molar-refractivity contribution is -0.154. The molecule has 4 heteroatoms. The average molecular weight is 256 g/mol. The molecule has 3 unspecified atom stereocenters. The Balaban J connectivity index is 1.80. The Morgan fingerprint density at radius 1 is 1.44 bits per heavy atom. The molecule has 0 saturated carbocycles. The Kier molecular flexibility index (Phi) is 4.28. The summed E-state index contributed by atoms with van der Waals surface area (Å²) in [6, 6.07) is 0. The van der Waals surface area contributed by atoms with Gasteiger partial charge in [-0.15, -0.1) is 0 Å². The fraction of sp³-hybridized carbons (Fsp3) is 0.929. The first-order valence-corrected chi connectivity index (χ1v) is 7.01. The van der Waals surface area contributed by atoms with E-state index in [-0.39, 0.29) is 12.2 Å². The van der Waals surface area contributed by atoms with Gasteiger partial charge in [-0.1, -0.05) is 13.8 Å². The zero-order valence-electron chi connectivity index (χ0n) is 11.4. The summed E-state index contributed by atoms with van der Waals surface area (Å²) in [5, 5.41) is 9.50. The molecule has 4 nitrogen and oxygen atoms in total. The monoisotopic (exact) mass is 256 g/mol. The topological polar surface area (TPSA) is 55.8 Å². The van der Waals surface area contributed by atoms with Gasteiger partial charge >= 0.3 is 5.97 Å². The summed E-state index contributed by atoms with van der Waals surface area (Å²) in [6.45, 7) is 5.58. The van der Waals surface area contributed by atoms with Crippen LogP contribution in [0.4, 0.5) is 0 Å². The molecule has 2 rings (SSSR count). The van der Waals surface area contributed by atoms with Crippen molar-refractivity contribution in [3.05, 3.63) is 0 Å². The summed E-state index contributed by atoms with van der Waals surface area (Å²) in [7, 11) is 0. The standard InChI is InChI=1S/C14H24O4/c1-10(2)5-7-17-8-6-14(13(15)16)9-11-3-4-12(14)18-11/h10-12H,3-9H2,1-2H3,(H,15,16). The highest BCUT2D eigenvalue weighted by Gasteiger charge is 2.56. The zero-order chi connectivity index (χ0) is 13.2. The Morgan fingerprint density at radius 3 is 2.72 bits per heavy atom. The maximum atomic E-state index is 11.5. The van der Waals surface area contributed by atoms with E-state index in [1.165, 1.54) is 0 Å². The van der Waals surface area contributed by atoms with Crippen LogP contribution in [0, 0.1) is 11.3 Å². The van der Waals surface area contributed by atoms with Crippen molar-refractivity contribution in [3.63, 3.8) is 0 Å². The molecular formula is C14H24O4. The quantitative estimate of drug-likeness (QED) is 0.711. The highest BCUT2D eigenvalue weighted by atomic mass is 16.5. The molecule has 104 valence electrons. The van der Waals surface area contributed by atoms with Crippen LogP contribution < -0.4 is 0 Å². The zero-order valence-corrected chi connectivity index (χ0v) is 11.4. The molecule has 2 bridgehead atoms. The van der Waals surface area contributed by atoms with Crippen LogP contribution >= 0.6 is 0 Å². The third-order valence-electron chi connectivity index (χ3n) is 4.27. The molecule has 2 saturated heterocycles. The number of hydrogen-bond donors (Lipinski definition) is 1. The molecule has 1 N–H and O–H groups in total. The van der Waals surface area contributed by atoms with Crippen molar-refractivity contribution in [2.45, 2.75) is 58.2 Å². The van der Waals surface area contributed by atoms with Crippen molar-refractivity contribution in [1.82, 2.24) is 0 Å². The first-order valence-electron chi connectivity index (χ1n) is 7.01. The second kappa shape index (κ2) is 5.57. The van der Waals surface area contributed by atoms with E-state index in [4.69, 9.17) is 9.47 Å². The summed E-state index contributed by atoms with van der Waals surface area (Å²) in [4.78, 5) is 11.5. The number of carbonyl (C=O) groups is 1. The molecule has 2 aliphatic heterocycles. The maximum Gasteiger partial charge on any atom is 0.312 e. The van der Waals surface area contributed by atoms with Crippen LogP contribution in [0.2, 0.25) is 0 Å². The molecule has 18 heavy (non-hydrogen) atoms. The van der Waals surface area contributed by atoms with Crippen molar-refractivity contribution < 1.29 is 19.4 Å². The van der Waals surface area contributed by atoms with E-state index >= 15 is 0 Å². The Bertz CT molecular complexity index is 302. The molecule has 0 aromatic heterocycles. The number of carboxylic acids is 1. The third kappa shape index (κ3) is 2.69. The number of rotatable bonds is 7. The first-order chi connectivity index (χ1) is 8.54. The van der Waals surface area contributed by atoms with Gasteiger partial charge in [-0.2, -0.15) is 0 Å². The maximum absolute atomic E-state index is 11.5. The molecule has 2 heterocycles. The minimum absolute atomic E-state index is 0.0892. The lowest BCUT2D eigenvalue weighted by Crippen LogP contribution is -2.41. The number of carboxylic acid groups (broad SMARTS) is 1. The van der Waals surface area contributed by atoms with Gasteiger partial charge in [0.25, 0.3) is 0 Å². The van der Waals surface area contributed by atoms with Gasteiger partial charge in [-0.25, -0.2) is 0 Å². The Morgan fingerprint density at radius 2 is 2.22 bits per heavy atom. The number of aliphatic carboxylic acids is 1. The van der Waals surface area contributed by atoms with E-state index in [1.807, 2.05) is 0 Å². The molecule has 0 aromatic rings. The van der Waals surface area contributed by atoms with E-state index in [0.29, 0.717) is 25.4 Å². The van der Waals surface area contributed by atoms with Gasteiger partial charge in [0.2, 0.25) is 0 Å². The summed E-state index contributed by atoms with van der Waals surface area (Å²) < 4.78 is 11.3. The van der Waals surface area contributed by atoms with Crippen LogP contribution in [-0.2, 0) is 14.3 Å². The van der Waals surface area contributed by atoms with E-state index in [0.717, 1.165) is 25.9 Å². The first kappa shape index (κ1) is 13.8. The third-order valence-corrected chi connectivity index (χ3v) is 4.27. The molecule has 0 radical (unpaired) electrons. The van der Waals surface area contributed by atoms with Crippen LogP contribution in [0.5, 0.6) is 0 Å². The number of fused-ring (bicyclic) bond motifs is 2. The van der Waals surface area contributed by atoms with Gasteiger partial charge in [0.15, 0.2) is 0 Å². The van der Waals surface area contributed by atoms with Crippen LogP contribution in [0.3, 0.4) is 0 Å². The molecule has 0 aromatic carbocycles. The number of hydrogen-bond acceptors (Lipinski definition) is 3. The molecule has 2 aliphatic rings. The van der Waals surface area contributed by atoms with Gasteiger partial charge in [-0.3, -0.25) is 4.79 Å². The van der Waals surface area contributed by atoms with E-state index in [2.05, 4.69) is 13.8 Å². The average Bonchev–Trinajstić information content (AvgIpc) is 2.88. The smallest absolute Gasteiger partial charge is 0.312 e. The molecule has 0 amide bonds. The SMILES string of the molecule is CC(C)CCOCCC1(C(=O)O)CC2CCC1O2. The van der Waals surface area contributed by atoms with Gasteiger partial charge in [0.05, 0.1) is 17.6 Å². The fourth-order valence-electron chi connectivity index (χ4n) is 3.07. The summed E-state index contributed by atoms with van der Waals surface area (Å²) in [5.74, 6) is -0.0774. The lowest BCUT2D eigenvalue weighted by atomic mass is 9.72. The predicted octanol–water partition coefficient (Wildman–Crippen LogP) is 2.46. The summed E-state index contributed by atoms with van der Waals surface area (Å²) in [6.07, 6.45) is 4.28. The molecule has 3 atom stereocenters. The molecule has 2 fully saturated rings. The van der Waals surface area contributed by atoms with Gasteiger partial charge in [0.1, 0.15) is 0 Å². The van der Waals surface area contributed by atoms with Crippen LogP contribution in [-0.4, -0.2) is 36.5 Å². The van der Waals surface area contributed by atoms with Gasteiger partial charge < -0.3 is 14.6 Å². The normalized spacial score (nSPS) is 34.4. The van der Waals surface area contributed by atoms with Crippen molar-refractivity contribution in [2.75, 3.05) is 13.2 Å². The highest BCUT2D eigenvalue weighted by Crippen LogP contribution is 2.50. The van der Waals surface area contributed by atoms with Crippen molar-refractivity contribution in [3.8, 4) is 0 Å². The van der Waals surface area contributed by atoms with Crippen LogP contribution in [0.25, 0.3) is 0 Å². The van der Waals surface area contributed by atoms with E-state index in [9.17, 15) is 9.90 Å². The minimum Gasteiger partial charge on any atom is -0.481 e. The van der Waals surface area contributed by atoms with Gasteiger partial charge in [0, 0.05) is 13.2 Å². The second-order valence-corrected chi connectivity index (χ2v) is 6.03. The summed E-state index contributed by atoms with van der Waals surface area (Å²) >= 11 is 0. The molecule has 0 spiro atoms. The van der Waals surface area contributed by atoms with Gasteiger partial charge in [-0.05, 0) is 38.0 Å². The Hall–Kier alpha value is -0.610. The Labute approximate surface area is 109 Å². The molecule has 0 aliphatic carbocycles. The molecular weight excluding hydrogens is 232 g/mol. The second-order valence-electron chi connectivity index (χ2n) is 6.03. The van der Waals surface area contributed by atoms with Crippen molar-refractivity contribution in [1.29, 1.82) is 0 Å². The lowest BCUT2D eigenvalue weighted by Gasteiger charge is -2.30. The van der Waals surface area contributed by atoms with Crippen LogP contribution in [0.1, 0.15) is 46.0 Å². The minimum atomic E-state index is -0.706. The van der Waals surface area contributed by atoms with Crippen LogP contribution in [0.15, 0.2) is 0 Å². The fourth-order valence-corrected chi connectivity index (χ4v) is 3.07.